The quantitative estimate of drug-likeness (QED) is 0.908. The van der Waals surface area contributed by atoms with E-state index in [-0.39, 0.29) is 11.8 Å². The van der Waals surface area contributed by atoms with Gasteiger partial charge in [-0.1, -0.05) is 18.2 Å². The monoisotopic (exact) mass is 291 g/mol. The van der Waals surface area contributed by atoms with Crippen LogP contribution in [0.15, 0.2) is 29.2 Å². The summed E-state index contributed by atoms with van der Waals surface area (Å²) in [6, 6.07) is 7.28. The van der Waals surface area contributed by atoms with Crippen molar-refractivity contribution in [2.75, 3.05) is 12.3 Å². The molecule has 0 spiro atoms. The molecular weight excluding hydrogens is 274 g/mol. The molecule has 2 aliphatic rings. The molecule has 1 aromatic carbocycles. The van der Waals surface area contributed by atoms with Gasteiger partial charge in [-0.25, -0.2) is 4.79 Å². The summed E-state index contributed by atoms with van der Waals surface area (Å²) in [6.45, 7) is 0.569. The first-order valence-corrected chi connectivity index (χ1v) is 7.92. The summed E-state index contributed by atoms with van der Waals surface area (Å²) in [5.41, 5.74) is 1.05. The van der Waals surface area contributed by atoms with E-state index in [4.69, 9.17) is 0 Å². The van der Waals surface area contributed by atoms with Crippen molar-refractivity contribution >= 4 is 23.6 Å². The van der Waals surface area contributed by atoms with E-state index in [1.807, 2.05) is 24.3 Å². The zero-order valence-electron chi connectivity index (χ0n) is 11.1. The van der Waals surface area contributed by atoms with E-state index in [1.54, 1.807) is 16.7 Å². The predicted molar refractivity (Wildman–Crippen MR) is 76.9 cm³/mol. The largest absolute Gasteiger partial charge is 0.480 e. The SMILES string of the molecule is O=C(O)C1CCCCN1C(=O)C1CSc2ccccc21. The van der Waals surface area contributed by atoms with Crippen LogP contribution in [0.5, 0.6) is 0 Å². The normalized spacial score (nSPS) is 25.3. The van der Waals surface area contributed by atoms with E-state index in [0.717, 1.165) is 29.1 Å². The Labute approximate surface area is 122 Å². The molecular formula is C15H17NO3S. The number of carbonyl (C=O) groups excluding carboxylic acids is 1. The lowest BCUT2D eigenvalue weighted by Gasteiger charge is -2.34. The Morgan fingerprint density at radius 1 is 1.25 bits per heavy atom. The lowest BCUT2D eigenvalue weighted by atomic mass is 9.95. The lowest BCUT2D eigenvalue weighted by molar-refractivity contribution is -0.152. The molecule has 0 bridgehead atoms. The van der Waals surface area contributed by atoms with Gasteiger partial charge in [-0.15, -0.1) is 11.8 Å². The zero-order chi connectivity index (χ0) is 14.1. The lowest BCUT2D eigenvalue weighted by Crippen LogP contribution is -2.49. The number of likely N-dealkylation sites (tertiary alicyclic amines) is 1. The first-order chi connectivity index (χ1) is 9.68. The molecule has 5 heteroatoms. The maximum Gasteiger partial charge on any atom is 0.326 e. The topological polar surface area (TPSA) is 57.6 Å². The molecule has 4 nitrogen and oxygen atoms in total. The number of piperidine rings is 1. The van der Waals surface area contributed by atoms with Gasteiger partial charge in [0, 0.05) is 17.2 Å². The summed E-state index contributed by atoms with van der Waals surface area (Å²) in [5.74, 6) is -0.358. The molecule has 2 unspecified atom stereocenters. The van der Waals surface area contributed by atoms with Crippen LogP contribution in [0.4, 0.5) is 0 Å². The predicted octanol–water partition coefficient (Wildman–Crippen LogP) is 2.34. The first kappa shape index (κ1) is 13.5. The van der Waals surface area contributed by atoms with Gasteiger partial charge in [0.25, 0.3) is 0 Å². The Morgan fingerprint density at radius 3 is 2.85 bits per heavy atom. The summed E-state index contributed by atoms with van der Waals surface area (Å²) in [6.07, 6.45) is 2.36. The number of thioether (sulfide) groups is 1. The fraction of sp³-hybridized carbons (Fsp3) is 0.467. The first-order valence-electron chi connectivity index (χ1n) is 6.93. The van der Waals surface area contributed by atoms with Crippen molar-refractivity contribution in [3.8, 4) is 0 Å². The second kappa shape index (κ2) is 5.48. The van der Waals surface area contributed by atoms with Crippen molar-refractivity contribution in [1.29, 1.82) is 0 Å². The Morgan fingerprint density at radius 2 is 2.05 bits per heavy atom. The van der Waals surface area contributed by atoms with Gasteiger partial charge in [0.15, 0.2) is 0 Å². The van der Waals surface area contributed by atoms with Crippen LogP contribution in [0.3, 0.4) is 0 Å². The van der Waals surface area contributed by atoms with Gasteiger partial charge < -0.3 is 10.0 Å². The third kappa shape index (κ3) is 2.30. The second-order valence-electron chi connectivity index (χ2n) is 5.28. The van der Waals surface area contributed by atoms with E-state index in [2.05, 4.69) is 0 Å². The van der Waals surface area contributed by atoms with Crippen LogP contribution in [0.25, 0.3) is 0 Å². The van der Waals surface area contributed by atoms with Gasteiger partial charge in [-0.3, -0.25) is 4.79 Å². The number of carboxylic acid groups (broad SMARTS) is 1. The van der Waals surface area contributed by atoms with Gasteiger partial charge in [0.1, 0.15) is 6.04 Å². The highest BCUT2D eigenvalue weighted by Crippen LogP contribution is 2.40. The molecule has 20 heavy (non-hydrogen) atoms. The fourth-order valence-corrected chi connectivity index (χ4v) is 4.24. The van der Waals surface area contributed by atoms with Gasteiger partial charge in [0.05, 0.1) is 5.92 Å². The molecule has 1 amide bonds. The molecule has 2 atom stereocenters. The highest BCUT2D eigenvalue weighted by molar-refractivity contribution is 7.99. The minimum absolute atomic E-state index is 0.0189. The number of amides is 1. The van der Waals surface area contributed by atoms with Crippen LogP contribution in [-0.2, 0) is 9.59 Å². The number of aliphatic carboxylic acids is 1. The minimum Gasteiger partial charge on any atom is -0.480 e. The number of benzene rings is 1. The Hall–Kier alpha value is -1.49. The van der Waals surface area contributed by atoms with E-state index in [9.17, 15) is 14.7 Å². The summed E-state index contributed by atoms with van der Waals surface area (Å²) in [5, 5.41) is 9.30. The molecule has 1 aromatic rings. The molecule has 0 radical (unpaired) electrons. The molecule has 1 N–H and O–H groups in total. The molecule has 106 valence electrons. The molecule has 0 aromatic heterocycles. The van der Waals surface area contributed by atoms with Crippen molar-refractivity contribution in [1.82, 2.24) is 4.90 Å². The molecule has 2 aliphatic heterocycles. The molecule has 1 fully saturated rings. The third-order valence-electron chi connectivity index (χ3n) is 4.07. The highest BCUT2D eigenvalue weighted by Gasteiger charge is 2.38. The van der Waals surface area contributed by atoms with Crippen molar-refractivity contribution in [3.63, 3.8) is 0 Å². The van der Waals surface area contributed by atoms with Gasteiger partial charge in [-0.05, 0) is 30.9 Å². The van der Waals surface area contributed by atoms with E-state index in [0.29, 0.717) is 13.0 Å². The van der Waals surface area contributed by atoms with Crippen molar-refractivity contribution < 1.29 is 14.7 Å². The average molecular weight is 291 g/mol. The van der Waals surface area contributed by atoms with Crippen LogP contribution >= 0.6 is 11.8 Å². The molecule has 0 saturated carbocycles. The zero-order valence-corrected chi connectivity index (χ0v) is 11.9. The van der Waals surface area contributed by atoms with Gasteiger partial charge in [0.2, 0.25) is 5.91 Å². The second-order valence-corrected chi connectivity index (χ2v) is 6.34. The van der Waals surface area contributed by atoms with Gasteiger partial charge in [-0.2, -0.15) is 0 Å². The van der Waals surface area contributed by atoms with E-state index < -0.39 is 12.0 Å². The number of hydrogen-bond acceptors (Lipinski definition) is 3. The van der Waals surface area contributed by atoms with E-state index in [1.165, 1.54) is 0 Å². The van der Waals surface area contributed by atoms with Crippen LogP contribution in [0.2, 0.25) is 0 Å². The number of rotatable bonds is 2. The maximum absolute atomic E-state index is 12.7. The number of hydrogen-bond donors (Lipinski definition) is 1. The molecule has 1 saturated heterocycles. The molecule has 0 aliphatic carbocycles. The van der Waals surface area contributed by atoms with Crippen LogP contribution < -0.4 is 0 Å². The molecule has 2 heterocycles. The van der Waals surface area contributed by atoms with Crippen LogP contribution in [0, 0.1) is 0 Å². The van der Waals surface area contributed by atoms with Gasteiger partial charge >= 0.3 is 5.97 Å². The van der Waals surface area contributed by atoms with Crippen LogP contribution in [-0.4, -0.2) is 40.2 Å². The smallest absolute Gasteiger partial charge is 0.326 e. The highest BCUT2D eigenvalue weighted by atomic mass is 32.2. The molecule has 3 rings (SSSR count). The Bertz CT molecular complexity index is 546. The minimum atomic E-state index is -0.878. The Balaban J connectivity index is 1.84. The number of fused-ring (bicyclic) bond motifs is 1. The summed E-state index contributed by atoms with van der Waals surface area (Å²) in [7, 11) is 0. The Kier molecular flexibility index (Phi) is 3.70. The third-order valence-corrected chi connectivity index (χ3v) is 5.25. The van der Waals surface area contributed by atoms with Crippen molar-refractivity contribution in [2.45, 2.75) is 36.1 Å². The van der Waals surface area contributed by atoms with Crippen molar-refractivity contribution in [3.05, 3.63) is 29.8 Å². The number of nitrogens with zero attached hydrogens (tertiary/aromatic N) is 1. The summed E-state index contributed by atoms with van der Waals surface area (Å²) < 4.78 is 0. The fourth-order valence-electron chi connectivity index (χ4n) is 3.02. The number of carboxylic acids is 1. The standard InChI is InChI=1S/C15H17NO3S/c17-14(16-8-4-3-6-12(16)15(18)19)11-9-20-13-7-2-1-5-10(11)13/h1-2,5,7,11-12H,3-4,6,8-9H2,(H,18,19). The average Bonchev–Trinajstić information content (AvgIpc) is 2.90. The van der Waals surface area contributed by atoms with E-state index >= 15 is 0 Å². The number of carbonyl (C=O) groups is 2. The van der Waals surface area contributed by atoms with Crippen LogP contribution in [0.1, 0.15) is 30.7 Å². The summed E-state index contributed by atoms with van der Waals surface area (Å²) in [4.78, 5) is 26.8. The maximum atomic E-state index is 12.7. The van der Waals surface area contributed by atoms with Crippen molar-refractivity contribution in [2.24, 2.45) is 0 Å². The summed E-state index contributed by atoms with van der Waals surface area (Å²) >= 11 is 1.68.